The molecular formula is C12H25NO. The van der Waals surface area contributed by atoms with Gasteiger partial charge < -0.3 is 10.1 Å². The van der Waals surface area contributed by atoms with Crippen LogP contribution in [0.2, 0.25) is 0 Å². The molecule has 1 N–H and O–H groups in total. The predicted octanol–water partition coefficient (Wildman–Crippen LogP) is 2.44. The highest BCUT2D eigenvalue weighted by Gasteiger charge is 2.22. The second-order valence-corrected chi connectivity index (χ2v) is 4.42. The molecule has 0 aliphatic heterocycles. The summed E-state index contributed by atoms with van der Waals surface area (Å²) < 4.78 is 5.32. The van der Waals surface area contributed by atoms with Crippen molar-refractivity contribution in [3.05, 3.63) is 0 Å². The van der Waals surface area contributed by atoms with Gasteiger partial charge in [-0.05, 0) is 37.8 Å². The summed E-state index contributed by atoms with van der Waals surface area (Å²) in [5.41, 5.74) is 0. The second kappa shape index (κ2) is 7.24. The van der Waals surface area contributed by atoms with Crippen molar-refractivity contribution in [3.63, 3.8) is 0 Å². The van der Waals surface area contributed by atoms with Crippen LogP contribution in [0.5, 0.6) is 0 Å². The molecule has 0 saturated heterocycles. The Morgan fingerprint density at radius 2 is 1.86 bits per heavy atom. The van der Waals surface area contributed by atoms with Crippen LogP contribution in [0.3, 0.4) is 0 Å². The van der Waals surface area contributed by atoms with Gasteiger partial charge in [-0.2, -0.15) is 0 Å². The molecule has 0 aromatic rings. The van der Waals surface area contributed by atoms with Gasteiger partial charge in [0.05, 0.1) is 0 Å². The van der Waals surface area contributed by atoms with Crippen LogP contribution in [0.4, 0.5) is 0 Å². The van der Waals surface area contributed by atoms with E-state index in [1.54, 1.807) is 0 Å². The molecular weight excluding hydrogens is 174 g/mol. The molecule has 84 valence electrons. The molecule has 1 rings (SSSR count). The minimum Gasteiger partial charge on any atom is -0.384 e. The van der Waals surface area contributed by atoms with Gasteiger partial charge in [0.1, 0.15) is 0 Å². The van der Waals surface area contributed by atoms with Crippen molar-refractivity contribution in [1.29, 1.82) is 0 Å². The largest absolute Gasteiger partial charge is 0.384 e. The zero-order chi connectivity index (χ0) is 10.2. The average molecular weight is 199 g/mol. The fraction of sp³-hybridized carbons (Fsp3) is 1.00. The maximum atomic E-state index is 5.32. The van der Waals surface area contributed by atoms with Gasteiger partial charge in [-0.15, -0.1) is 0 Å². The lowest BCUT2D eigenvalue weighted by Crippen LogP contribution is -2.29. The molecule has 1 aliphatic carbocycles. The van der Waals surface area contributed by atoms with Crippen molar-refractivity contribution in [2.45, 2.75) is 39.0 Å². The first kappa shape index (κ1) is 12.0. The summed E-state index contributed by atoms with van der Waals surface area (Å²) in [4.78, 5) is 0. The predicted molar refractivity (Wildman–Crippen MR) is 60.5 cm³/mol. The van der Waals surface area contributed by atoms with Crippen LogP contribution in [0.15, 0.2) is 0 Å². The van der Waals surface area contributed by atoms with E-state index in [2.05, 4.69) is 12.2 Å². The molecule has 2 nitrogen and oxygen atoms in total. The average Bonchev–Trinajstić information content (AvgIpc) is 2.41. The molecule has 0 bridgehead atoms. The third-order valence-electron chi connectivity index (χ3n) is 3.35. The zero-order valence-corrected chi connectivity index (χ0v) is 9.72. The first-order chi connectivity index (χ1) is 6.88. The molecule has 1 fully saturated rings. The Morgan fingerprint density at radius 1 is 1.14 bits per heavy atom. The summed E-state index contributed by atoms with van der Waals surface area (Å²) in [7, 11) is 1.83. The number of hydrogen-bond donors (Lipinski definition) is 1. The number of methoxy groups -OCH3 is 1. The summed E-state index contributed by atoms with van der Waals surface area (Å²) in [5.74, 6) is 1.64. The highest BCUT2D eigenvalue weighted by molar-refractivity contribution is 4.75. The maximum Gasteiger partial charge on any atom is 0.0493 e. The van der Waals surface area contributed by atoms with Crippen LogP contribution in [-0.4, -0.2) is 26.8 Å². The standard InChI is InChI=1S/C12H25NO/c1-3-13-9-11-7-5-4-6-8-12(11)10-14-2/h11-13H,3-10H2,1-2H3. The Bertz CT molecular complexity index is 138. The van der Waals surface area contributed by atoms with Crippen LogP contribution in [0.1, 0.15) is 39.0 Å². The van der Waals surface area contributed by atoms with E-state index in [-0.39, 0.29) is 0 Å². The maximum absolute atomic E-state index is 5.32. The number of hydrogen-bond acceptors (Lipinski definition) is 2. The minimum atomic E-state index is 0.793. The van der Waals surface area contributed by atoms with Gasteiger partial charge in [-0.3, -0.25) is 0 Å². The number of nitrogens with one attached hydrogen (secondary N) is 1. The lowest BCUT2D eigenvalue weighted by atomic mass is 9.88. The van der Waals surface area contributed by atoms with Gasteiger partial charge in [0.2, 0.25) is 0 Å². The van der Waals surface area contributed by atoms with E-state index in [0.717, 1.165) is 25.0 Å². The summed E-state index contributed by atoms with van der Waals surface area (Å²) in [5, 5.41) is 3.48. The normalized spacial score (nSPS) is 28.7. The van der Waals surface area contributed by atoms with Gasteiger partial charge in [-0.25, -0.2) is 0 Å². The van der Waals surface area contributed by atoms with Crippen LogP contribution in [-0.2, 0) is 4.74 Å². The molecule has 0 radical (unpaired) electrons. The minimum absolute atomic E-state index is 0.793. The van der Waals surface area contributed by atoms with E-state index in [1.165, 1.54) is 38.6 Å². The second-order valence-electron chi connectivity index (χ2n) is 4.42. The van der Waals surface area contributed by atoms with Gasteiger partial charge >= 0.3 is 0 Å². The van der Waals surface area contributed by atoms with Gasteiger partial charge in [0, 0.05) is 13.7 Å². The Morgan fingerprint density at radius 3 is 2.50 bits per heavy atom. The van der Waals surface area contributed by atoms with E-state index in [0.29, 0.717) is 0 Å². The molecule has 14 heavy (non-hydrogen) atoms. The summed E-state index contributed by atoms with van der Waals surface area (Å²) in [6, 6.07) is 0. The van der Waals surface area contributed by atoms with E-state index in [4.69, 9.17) is 4.74 Å². The number of rotatable bonds is 5. The fourth-order valence-electron chi connectivity index (χ4n) is 2.49. The first-order valence-electron chi connectivity index (χ1n) is 6.08. The molecule has 2 heteroatoms. The fourth-order valence-corrected chi connectivity index (χ4v) is 2.49. The molecule has 0 aromatic carbocycles. The quantitative estimate of drug-likeness (QED) is 0.687. The van der Waals surface area contributed by atoms with Crippen molar-refractivity contribution in [2.75, 3.05) is 26.8 Å². The highest BCUT2D eigenvalue weighted by Crippen LogP contribution is 2.28. The summed E-state index contributed by atoms with van der Waals surface area (Å²) >= 11 is 0. The lowest BCUT2D eigenvalue weighted by Gasteiger charge is -2.24. The highest BCUT2D eigenvalue weighted by atomic mass is 16.5. The molecule has 1 saturated carbocycles. The topological polar surface area (TPSA) is 21.3 Å². The Hall–Kier alpha value is -0.0800. The van der Waals surface area contributed by atoms with Crippen LogP contribution >= 0.6 is 0 Å². The third-order valence-corrected chi connectivity index (χ3v) is 3.35. The van der Waals surface area contributed by atoms with Crippen LogP contribution in [0, 0.1) is 11.8 Å². The molecule has 2 unspecified atom stereocenters. The van der Waals surface area contributed by atoms with E-state index >= 15 is 0 Å². The van der Waals surface area contributed by atoms with Crippen LogP contribution < -0.4 is 5.32 Å². The Labute approximate surface area is 88.4 Å². The number of ether oxygens (including phenoxy) is 1. The van der Waals surface area contributed by atoms with Crippen molar-refractivity contribution >= 4 is 0 Å². The Balaban J connectivity index is 2.37. The Kier molecular flexibility index (Phi) is 6.20. The molecule has 1 aliphatic rings. The van der Waals surface area contributed by atoms with Crippen molar-refractivity contribution < 1.29 is 4.74 Å². The van der Waals surface area contributed by atoms with Crippen molar-refractivity contribution in [3.8, 4) is 0 Å². The lowest BCUT2D eigenvalue weighted by molar-refractivity contribution is 0.114. The van der Waals surface area contributed by atoms with Gasteiger partial charge in [-0.1, -0.05) is 26.2 Å². The molecule has 2 atom stereocenters. The first-order valence-corrected chi connectivity index (χ1v) is 6.08. The molecule has 0 amide bonds. The van der Waals surface area contributed by atoms with Crippen LogP contribution in [0.25, 0.3) is 0 Å². The monoisotopic (exact) mass is 199 g/mol. The SMILES string of the molecule is CCNCC1CCCCCC1COC. The van der Waals surface area contributed by atoms with E-state index in [9.17, 15) is 0 Å². The van der Waals surface area contributed by atoms with Gasteiger partial charge in [0.15, 0.2) is 0 Å². The third kappa shape index (κ3) is 3.97. The van der Waals surface area contributed by atoms with Crippen molar-refractivity contribution in [2.24, 2.45) is 11.8 Å². The van der Waals surface area contributed by atoms with E-state index in [1.807, 2.05) is 7.11 Å². The van der Waals surface area contributed by atoms with Crippen molar-refractivity contribution in [1.82, 2.24) is 5.32 Å². The van der Waals surface area contributed by atoms with E-state index < -0.39 is 0 Å². The summed E-state index contributed by atoms with van der Waals surface area (Å²) in [6.45, 7) is 5.42. The summed E-state index contributed by atoms with van der Waals surface area (Å²) in [6.07, 6.45) is 6.99. The molecule has 0 aromatic heterocycles. The molecule has 0 spiro atoms. The van der Waals surface area contributed by atoms with Gasteiger partial charge in [0.25, 0.3) is 0 Å². The smallest absolute Gasteiger partial charge is 0.0493 e. The molecule has 0 heterocycles. The zero-order valence-electron chi connectivity index (χ0n) is 9.72.